The quantitative estimate of drug-likeness (QED) is 0.269. The van der Waals surface area contributed by atoms with Crippen molar-refractivity contribution in [1.82, 2.24) is 10.6 Å². The molecule has 0 aromatic heterocycles. The highest BCUT2D eigenvalue weighted by Gasteiger charge is 2.30. The van der Waals surface area contributed by atoms with Crippen molar-refractivity contribution >= 4 is 29.9 Å². The number of guanidine groups is 1. The molecular weight excluding hydrogens is 469 g/mol. The smallest absolute Gasteiger partial charge is 0.191 e. The third kappa shape index (κ3) is 7.31. The Balaban J connectivity index is 0.00000392. The molecule has 1 aliphatic carbocycles. The summed E-state index contributed by atoms with van der Waals surface area (Å²) in [4.78, 5) is 4.63. The molecule has 2 rings (SSSR count). The molecular formula is C21H36IN3O3. The summed E-state index contributed by atoms with van der Waals surface area (Å²) >= 11 is 0. The number of nitrogens with one attached hydrogen (secondary N) is 2. The first-order valence-corrected chi connectivity index (χ1v) is 10.2. The van der Waals surface area contributed by atoms with Crippen LogP contribution in [0.4, 0.5) is 0 Å². The van der Waals surface area contributed by atoms with Gasteiger partial charge in [0.15, 0.2) is 17.5 Å². The molecule has 7 heteroatoms. The van der Waals surface area contributed by atoms with Gasteiger partial charge in [-0.1, -0.05) is 18.9 Å². The highest BCUT2D eigenvalue weighted by molar-refractivity contribution is 14.0. The number of halogens is 1. The fourth-order valence-corrected chi connectivity index (χ4v) is 3.36. The Labute approximate surface area is 186 Å². The Morgan fingerprint density at radius 1 is 1.14 bits per heavy atom. The van der Waals surface area contributed by atoms with E-state index in [0.29, 0.717) is 19.8 Å². The number of benzene rings is 1. The standard InChI is InChI=1S/C21H35N3O3.HI/c1-5-22-20(23-15-21(25)12-8-9-13-21)24-16(4)17-10-11-18(26-6-2)19(14-17)27-7-3;/h10-11,14,16,25H,5-9,12-13,15H2,1-4H3,(H2,22,23,24);1H. The molecule has 1 unspecified atom stereocenters. The molecule has 0 aliphatic heterocycles. The van der Waals surface area contributed by atoms with Gasteiger partial charge in [0.05, 0.1) is 31.4 Å². The Bertz CT molecular complexity index is 619. The minimum absolute atomic E-state index is 0. The molecule has 0 heterocycles. The molecule has 0 amide bonds. The van der Waals surface area contributed by atoms with Gasteiger partial charge in [-0.15, -0.1) is 24.0 Å². The van der Waals surface area contributed by atoms with Crippen LogP contribution in [0.15, 0.2) is 23.2 Å². The molecule has 0 bridgehead atoms. The molecule has 6 nitrogen and oxygen atoms in total. The van der Waals surface area contributed by atoms with E-state index < -0.39 is 5.60 Å². The van der Waals surface area contributed by atoms with E-state index in [1.165, 1.54) is 0 Å². The van der Waals surface area contributed by atoms with Gasteiger partial charge in [0.2, 0.25) is 0 Å². The molecule has 0 saturated heterocycles. The lowest BCUT2D eigenvalue weighted by atomic mass is 10.0. The van der Waals surface area contributed by atoms with Crippen molar-refractivity contribution in [3.63, 3.8) is 0 Å². The van der Waals surface area contributed by atoms with Crippen molar-refractivity contribution in [3.05, 3.63) is 23.8 Å². The first-order chi connectivity index (χ1) is 13.0. The van der Waals surface area contributed by atoms with E-state index in [-0.39, 0.29) is 30.0 Å². The Morgan fingerprint density at radius 2 is 1.79 bits per heavy atom. The number of rotatable bonds is 9. The first kappa shape index (κ1) is 24.8. The first-order valence-electron chi connectivity index (χ1n) is 10.2. The average Bonchev–Trinajstić information content (AvgIpc) is 3.08. The maximum Gasteiger partial charge on any atom is 0.191 e. The molecule has 0 radical (unpaired) electrons. The normalized spacial score (nSPS) is 16.8. The summed E-state index contributed by atoms with van der Waals surface area (Å²) in [7, 11) is 0. The molecule has 1 aliphatic rings. The second-order valence-corrected chi connectivity index (χ2v) is 7.06. The van der Waals surface area contributed by atoms with Gasteiger partial charge in [0.25, 0.3) is 0 Å². The van der Waals surface area contributed by atoms with Crippen molar-refractivity contribution in [2.75, 3.05) is 26.3 Å². The van der Waals surface area contributed by atoms with E-state index in [9.17, 15) is 5.11 Å². The van der Waals surface area contributed by atoms with Crippen molar-refractivity contribution in [2.24, 2.45) is 4.99 Å². The van der Waals surface area contributed by atoms with E-state index in [1.54, 1.807) is 0 Å². The summed E-state index contributed by atoms with van der Waals surface area (Å²) in [5.74, 6) is 2.24. The highest BCUT2D eigenvalue weighted by Crippen LogP contribution is 2.31. The van der Waals surface area contributed by atoms with Crippen LogP contribution in [-0.4, -0.2) is 43.0 Å². The van der Waals surface area contributed by atoms with Crippen LogP contribution >= 0.6 is 24.0 Å². The number of nitrogens with zero attached hydrogens (tertiary/aromatic N) is 1. The van der Waals surface area contributed by atoms with E-state index >= 15 is 0 Å². The number of hydrogen-bond donors (Lipinski definition) is 3. The fourth-order valence-electron chi connectivity index (χ4n) is 3.36. The van der Waals surface area contributed by atoms with Crippen LogP contribution in [0.3, 0.4) is 0 Å². The lowest BCUT2D eigenvalue weighted by Crippen LogP contribution is -2.40. The highest BCUT2D eigenvalue weighted by atomic mass is 127. The monoisotopic (exact) mass is 505 g/mol. The van der Waals surface area contributed by atoms with Gasteiger partial charge >= 0.3 is 0 Å². The second-order valence-electron chi connectivity index (χ2n) is 7.06. The Hall–Kier alpha value is -1.22. The van der Waals surface area contributed by atoms with Crippen LogP contribution in [0.5, 0.6) is 11.5 Å². The summed E-state index contributed by atoms with van der Waals surface area (Å²) in [5.41, 5.74) is 0.444. The van der Waals surface area contributed by atoms with Crippen LogP contribution in [0.2, 0.25) is 0 Å². The molecule has 1 aromatic rings. The Morgan fingerprint density at radius 3 is 2.39 bits per heavy atom. The van der Waals surface area contributed by atoms with Gasteiger partial charge in [-0.25, -0.2) is 0 Å². The molecule has 3 N–H and O–H groups in total. The van der Waals surface area contributed by atoms with Crippen LogP contribution in [-0.2, 0) is 0 Å². The van der Waals surface area contributed by atoms with Crippen molar-refractivity contribution < 1.29 is 14.6 Å². The minimum Gasteiger partial charge on any atom is -0.490 e. The zero-order chi connectivity index (χ0) is 19.7. The summed E-state index contributed by atoms with van der Waals surface area (Å²) in [6, 6.07) is 6.04. The fraction of sp³-hybridized carbons (Fsp3) is 0.667. The van der Waals surface area contributed by atoms with E-state index in [0.717, 1.165) is 55.3 Å². The SMILES string of the molecule is CCNC(=NCC1(O)CCCC1)NC(C)c1ccc(OCC)c(OCC)c1.I. The molecule has 1 aromatic carbocycles. The summed E-state index contributed by atoms with van der Waals surface area (Å²) in [6.45, 7) is 10.5. The maximum atomic E-state index is 10.5. The predicted molar refractivity (Wildman–Crippen MR) is 125 cm³/mol. The number of ether oxygens (including phenoxy) is 2. The van der Waals surface area contributed by atoms with Crippen LogP contribution in [0.25, 0.3) is 0 Å². The van der Waals surface area contributed by atoms with Crippen molar-refractivity contribution in [3.8, 4) is 11.5 Å². The third-order valence-electron chi connectivity index (χ3n) is 4.83. The molecule has 1 saturated carbocycles. The largest absolute Gasteiger partial charge is 0.490 e. The van der Waals surface area contributed by atoms with Crippen LogP contribution < -0.4 is 20.1 Å². The number of hydrogen-bond acceptors (Lipinski definition) is 4. The van der Waals surface area contributed by atoms with Crippen LogP contribution in [0, 0.1) is 0 Å². The van der Waals surface area contributed by atoms with Gasteiger partial charge < -0.3 is 25.2 Å². The van der Waals surface area contributed by atoms with Gasteiger partial charge in [-0.3, -0.25) is 4.99 Å². The number of aliphatic hydroxyl groups is 1. The maximum absolute atomic E-state index is 10.5. The van der Waals surface area contributed by atoms with Gasteiger partial charge in [0.1, 0.15) is 0 Å². The van der Waals surface area contributed by atoms with Gasteiger partial charge in [-0.05, 0) is 58.2 Å². The third-order valence-corrected chi connectivity index (χ3v) is 4.83. The van der Waals surface area contributed by atoms with Gasteiger partial charge in [0, 0.05) is 6.54 Å². The van der Waals surface area contributed by atoms with E-state index in [2.05, 4.69) is 22.5 Å². The molecule has 1 fully saturated rings. The minimum atomic E-state index is -0.646. The molecule has 160 valence electrons. The van der Waals surface area contributed by atoms with Gasteiger partial charge in [-0.2, -0.15) is 0 Å². The number of aliphatic imine (C=N–C) groups is 1. The zero-order valence-electron chi connectivity index (χ0n) is 17.6. The van der Waals surface area contributed by atoms with Crippen molar-refractivity contribution in [1.29, 1.82) is 0 Å². The van der Waals surface area contributed by atoms with E-state index in [4.69, 9.17) is 9.47 Å². The van der Waals surface area contributed by atoms with E-state index in [1.807, 2.05) is 39.0 Å². The Kier molecular flexibility index (Phi) is 11.0. The topological polar surface area (TPSA) is 75.1 Å². The zero-order valence-corrected chi connectivity index (χ0v) is 19.9. The summed E-state index contributed by atoms with van der Waals surface area (Å²) in [6.07, 6.45) is 3.84. The lowest BCUT2D eigenvalue weighted by molar-refractivity contribution is 0.0574. The molecule has 1 atom stereocenters. The van der Waals surface area contributed by atoms with Crippen molar-refractivity contribution in [2.45, 2.75) is 65.0 Å². The molecule has 28 heavy (non-hydrogen) atoms. The second kappa shape index (κ2) is 12.4. The predicted octanol–water partition coefficient (Wildman–Crippen LogP) is 4.02. The summed E-state index contributed by atoms with van der Waals surface area (Å²) in [5, 5.41) is 17.2. The average molecular weight is 505 g/mol. The lowest BCUT2D eigenvalue weighted by Gasteiger charge is -2.23. The summed E-state index contributed by atoms with van der Waals surface area (Å²) < 4.78 is 11.4. The molecule has 0 spiro atoms. The van der Waals surface area contributed by atoms with Crippen LogP contribution in [0.1, 0.15) is 65.0 Å².